The highest BCUT2D eigenvalue weighted by atomic mass is 32.2. The first-order valence-corrected chi connectivity index (χ1v) is 15.3. The van der Waals surface area contributed by atoms with E-state index in [1.807, 2.05) is 12.1 Å². The van der Waals surface area contributed by atoms with E-state index in [2.05, 4.69) is 10.2 Å². The Morgan fingerprint density at radius 3 is 2.77 bits per heavy atom. The number of nitrogens with one attached hydrogen (secondary N) is 1. The second kappa shape index (κ2) is 11.0. The average molecular weight is 562 g/mol. The van der Waals surface area contributed by atoms with Crippen LogP contribution in [0, 0.1) is 17.8 Å². The maximum absolute atomic E-state index is 13.7. The number of halogens is 2. The smallest absolute Gasteiger partial charge is 0.345 e. The van der Waals surface area contributed by atoms with Crippen LogP contribution in [0.2, 0.25) is 0 Å². The molecular formula is C29H37F2N3O4S. The van der Waals surface area contributed by atoms with Crippen LogP contribution < -0.4 is 10.2 Å². The van der Waals surface area contributed by atoms with E-state index >= 15 is 0 Å². The number of thioether (sulfide) groups is 1. The number of nitrogens with zero attached hydrogens (tertiary/aromatic N) is 2. The van der Waals surface area contributed by atoms with Gasteiger partial charge in [-0.2, -0.15) is 8.78 Å². The summed E-state index contributed by atoms with van der Waals surface area (Å²) in [7, 11) is 0. The van der Waals surface area contributed by atoms with Crippen molar-refractivity contribution in [2.24, 2.45) is 17.8 Å². The second-order valence-corrected chi connectivity index (χ2v) is 13.5. The number of pyridine rings is 1. The number of carbonyl (C=O) groups excluding carboxylic acids is 1. The first kappa shape index (κ1) is 27.0. The third-order valence-corrected chi connectivity index (χ3v) is 10.7. The predicted octanol–water partition coefficient (Wildman–Crippen LogP) is 5.99. The van der Waals surface area contributed by atoms with Gasteiger partial charge in [0.15, 0.2) is 0 Å². The molecule has 0 radical (unpaired) electrons. The summed E-state index contributed by atoms with van der Waals surface area (Å²) in [6, 6.07) is 3.74. The van der Waals surface area contributed by atoms with Gasteiger partial charge in [-0.15, -0.1) is 11.8 Å². The zero-order valence-electron chi connectivity index (χ0n) is 22.2. The van der Waals surface area contributed by atoms with Crippen molar-refractivity contribution in [1.82, 2.24) is 10.3 Å². The van der Waals surface area contributed by atoms with Crippen molar-refractivity contribution in [2.45, 2.75) is 99.5 Å². The Bertz CT molecular complexity index is 1150. The Balaban J connectivity index is 1.23. The highest BCUT2D eigenvalue weighted by molar-refractivity contribution is 7.99. The number of rotatable bonds is 9. The number of anilines is 1. The van der Waals surface area contributed by atoms with Crippen molar-refractivity contribution in [3.05, 3.63) is 29.0 Å². The number of carboxylic acid groups (broad SMARTS) is 1. The number of aromatic nitrogens is 1. The highest BCUT2D eigenvalue weighted by Crippen LogP contribution is 2.56. The van der Waals surface area contributed by atoms with Gasteiger partial charge in [0.1, 0.15) is 10.8 Å². The Hall–Kier alpha value is -2.20. The number of aliphatic carboxylic acids is 1. The lowest BCUT2D eigenvalue weighted by molar-refractivity contribution is -0.234. The minimum atomic E-state index is -2.78. The third-order valence-electron chi connectivity index (χ3n) is 9.34. The Kier molecular flexibility index (Phi) is 7.61. The zero-order valence-corrected chi connectivity index (χ0v) is 23.0. The molecule has 4 bridgehead atoms. The maximum Gasteiger partial charge on any atom is 0.345 e. The lowest BCUT2D eigenvalue weighted by Crippen LogP contribution is -2.52. The maximum atomic E-state index is 13.7. The molecule has 1 saturated heterocycles. The van der Waals surface area contributed by atoms with Gasteiger partial charge >= 0.3 is 12.6 Å². The molecule has 0 aromatic carbocycles. The van der Waals surface area contributed by atoms with Gasteiger partial charge in [0.2, 0.25) is 0 Å². The molecule has 39 heavy (non-hydrogen) atoms. The van der Waals surface area contributed by atoms with Gasteiger partial charge in [0, 0.05) is 36.4 Å². The number of carboxylic acids is 1. The first-order valence-electron chi connectivity index (χ1n) is 14.4. The minimum Gasteiger partial charge on any atom is -0.481 e. The summed E-state index contributed by atoms with van der Waals surface area (Å²) in [5, 5.41) is 13.5. The summed E-state index contributed by atoms with van der Waals surface area (Å²) in [5.74, 6) is 0.320. The normalized spacial score (nSPS) is 30.4. The van der Waals surface area contributed by atoms with Crippen molar-refractivity contribution in [3.63, 3.8) is 0 Å². The van der Waals surface area contributed by atoms with Crippen LogP contribution in [0.25, 0.3) is 0 Å². The Morgan fingerprint density at radius 1 is 1.21 bits per heavy atom. The molecule has 7 nitrogen and oxygen atoms in total. The van der Waals surface area contributed by atoms with E-state index in [0.717, 1.165) is 60.8 Å². The van der Waals surface area contributed by atoms with E-state index in [1.54, 1.807) is 11.8 Å². The lowest BCUT2D eigenvalue weighted by atomic mass is 9.57. The van der Waals surface area contributed by atoms with E-state index in [9.17, 15) is 23.5 Å². The first-order chi connectivity index (χ1) is 18.8. The number of carbonyl (C=O) groups is 2. The number of alkyl halides is 2. The summed E-state index contributed by atoms with van der Waals surface area (Å²) in [5.41, 5.74) is 1.74. The van der Waals surface area contributed by atoms with Crippen LogP contribution in [-0.2, 0) is 9.53 Å². The van der Waals surface area contributed by atoms with Crippen LogP contribution in [0.15, 0.2) is 28.4 Å². The molecule has 6 aliphatic rings. The molecule has 0 spiro atoms. The van der Waals surface area contributed by atoms with Crippen molar-refractivity contribution >= 4 is 29.5 Å². The number of hydrogen-bond donors (Lipinski definition) is 2. The Labute approximate surface area is 232 Å². The SMILES string of the molecule is O=C(O)C[C@@H]1CCN(c2ccc(C(=O)NC3=C4CC5CC3C[C@](OC(F)F)(C4)C5)c(SC3CCCCC3)n2)C1. The molecule has 4 atom stereocenters. The van der Waals surface area contributed by atoms with Crippen LogP contribution in [-0.4, -0.2) is 52.5 Å². The molecule has 4 fully saturated rings. The van der Waals surface area contributed by atoms with Crippen LogP contribution in [0.4, 0.5) is 14.6 Å². The summed E-state index contributed by atoms with van der Waals surface area (Å²) >= 11 is 1.69. The van der Waals surface area contributed by atoms with Crippen LogP contribution in [0.1, 0.15) is 87.4 Å². The molecule has 1 amide bonds. The van der Waals surface area contributed by atoms with Gasteiger partial charge in [-0.25, -0.2) is 4.98 Å². The molecular weight excluding hydrogens is 524 g/mol. The van der Waals surface area contributed by atoms with Crippen LogP contribution in [0.3, 0.4) is 0 Å². The highest BCUT2D eigenvalue weighted by Gasteiger charge is 2.52. The fourth-order valence-electron chi connectivity index (χ4n) is 7.82. The van der Waals surface area contributed by atoms with Gasteiger partial charge in [-0.05, 0) is 80.9 Å². The van der Waals surface area contributed by atoms with E-state index in [0.29, 0.717) is 42.5 Å². The summed E-state index contributed by atoms with van der Waals surface area (Å²) in [6.45, 7) is -1.37. The zero-order chi connectivity index (χ0) is 27.1. The van der Waals surface area contributed by atoms with Crippen molar-refractivity contribution in [3.8, 4) is 0 Å². The number of amides is 1. The quantitative estimate of drug-likeness (QED) is 0.383. The molecule has 5 aliphatic carbocycles. The number of allylic oxidation sites excluding steroid dienone is 1. The molecule has 1 aromatic heterocycles. The average Bonchev–Trinajstić information content (AvgIpc) is 3.33. The van der Waals surface area contributed by atoms with E-state index < -0.39 is 18.2 Å². The Morgan fingerprint density at radius 2 is 2.03 bits per heavy atom. The summed E-state index contributed by atoms with van der Waals surface area (Å²) in [6.07, 6.45) is 10.2. The molecule has 7 rings (SSSR count). The van der Waals surface area contributed by atoms with E-state index in [-0.39, 0.29) is 24.2 Å². The number of hydrogen-bond acceptors (Lipinski definition) is 6. The third kappa shape index (κ3) is 5.82. The van der Waals surface area contributed by atoms with E-state index in [1.165, 1.54) is 19.3 Å². The van der Waals surface area contributed by atoms with Gasteiger partial charge in [0.25, 0.3) is 5.91 Å². The predicted molar refractivity (Wildman–Crippen MR) is 144 cm³/mol. The molecule has 2 unspecified atom stereocenters. The summed E-state index contributed by atoms with van der Waals surface area (Å²) < 4.78 is 31.5. The van der Waals surface area contributed by atoms with Gasteiger partial charge in [0.05, 0.1) is 11.2 Å². The van der Waals surface area contributed by atoms with E-state index in [4.69, 9.17) is 9.72 Å². The molecule has 3 saturated carbocycles. The molecule has 10 heteroatoms. The molecule has 2 heterocycles. The molecule has 1 aliphatic heterocycles. The minimum absolute atomic E-state index is 0.0430. The fraction of sp³-hybridized carbons (Fsp3) is 0.690. The van der Waals surface area contributed by atoms with Gasteiger partial charge in [-0.1, -0.05) is 19.3 Å². The van der Waals surface area contributed by atoms with Crippen molar-refractivity contribution < 1.29 is 28.2 Å². The van der Waals surface area contributed by atoms with Crippen molar-refractivity contribution in [2.75, 3.05) is 18.0 Å². The largest absolute Gasteiger partial charge is 0.481 e. The monoisotopic (exact) mass is 561 g/mol. The summed E-state index contributed by atoms with van der Waals surface area (Å²) in [4.78, 5) is 32.0. The second-order valence-electron chi connectivity index (χ2n) is 12.2. The van der Waals surface area contributed by atoms with Crippen molar-refractivity contribution in [1.29, 1.82) is 0 Å². The number of ether oxygens (including phenoxy) is 1. The standard InChI is InChI=1S/C29H37F2N3O4S/c30-28(31)38-29-13-18-10-19(14-29)25(20(11-18)15-29)33-26(37)22-6-7-23(34-9-8-17(16-34)12-24(35)36)32-27(22)39-21-4-2-1-3-5-21/h6-7,17-19,21,28H,1-5,8-16H2,(H,33,37)(H,35,36)/t17-,18?,19?,29-/m0/s1. The molecule has 212 valence electrons. The lowest BCUT2D eigenvalue weighted by Gasteiger charge is -2.54. The fourth-order valence-corrected chi connectivity index (χ4v) is 9.14. The van der Waals surface area contributed by atoms with Crippen LogP contribution in [0.5, 0.6) is 0 Å². The molecule has 2 N–H and O–H groups in total. The van der Waals surface area contributed by atoms with Gasteiger partial charge < -0.3 is 20.1 Å². The topological polar surface area (TPSA) is 91.8 Å². The van der Waals surface area contributed by atoms with Crippen LogP contribution >= 0.6 is 11.8 Å². The van der Waals surface area contributed by atoms with Gasteiger partial charge in [-0.3, -0.25) is 9.59 Å². The molecule has 1 aromatic rings.